The van der Waals surface area contributed by atoms with E-state index in [1.54, 1.807) is 38.5 Å². The van der Waals surface area contributed by atoms with Crippen LogP contribution >= 0.6 is 0 Å². The molecule has 0 radical (unpaired) electrons. The van der Waals surface area contributed by atoms with E-state index in [2.05, 4.69) is 0 Å². The Balaban J connectivity index is 0.000000480. The monoisotopic (exact) mass is 154 g/mol. The maximum atomic E-state index is 1.62. The Morgan fingerprint density at radius 3 is 1.82 bits per heavy atom. The molecular formula is C10H18O. The standard InChI is InChI=1S/C10H16.H2O/c1-2-9-7-4-5-8(6-7)10(9)3-1;/h7-10H,1-6H2;1H2. The van der Waals surface area contributed by atoms with E-state index in [4.69, 9.17) is 0 Å². The zero-order valence-electron chi connectivity index (χ0n) is 7.05. The van der Waals surface area contributed by atoms with E-state index < -0.39 is 0 Å². The van der Waals surface area contributed by atoms with Gasteiger partial charge in [-0.2, -0.15) is 0 Å². The van der Waals surface area contributed by atoms with Crippen LogP contribution in [0.4, 0.5) is 0 Å². The van der Waals surface area contributed by atoms with Gasteiger partial charge in [-0.1, -0.05) is 6.42 Å². The van der Waals surface area contributed by atoms with Crippen LogP contribution in [0.5, 0.6) is 0 Å². The van der Waals surface area contributed by atoms with Crippen LogP contribution < -0.4 is 0 Å². The predicted octanol–water partition coefficient (Wildman–Crippen LogP) is 2.01. The van der Waals surface area contributed by atoms with Gasteiger partial charge in [-0.05, 0) is 55.8 Å². The Morgan fingerprint density at radius 1 is 0.727 bits per heavy atom. The lowest BCUT2D eigenvalue weighted by Crippen LogP contribution is -2.15. The molecule has 2 bridgehead atoms. The molecule has 0 aromatic rings. The molecule has 1 heteroatoms. The molecule has 3 fully saturated rings. The summed E-state index contributed by atoms with van der Waals surface area (Å²) < 4.78 is 0. The fourth-order valence-electron chi connectivity index (χ4n) is 4.02. The third kappa shape index (κ3) is 0.868. The molecule has 0 aliphatic heterocycles. The first-order valence-corrected chi connectivity index (χ1v) is 4.95. The third-order valence-corrected chi connectivity index (χ3v) is 4.35. The summed E-state index contributed by atoms with van der Waals surface area (Å²) in [6.45, 7) is 0. The molecular weight excluding hydrogens is 136 g/mol. The topological polar surface area (TPSA) is 31.5 Å². The van der Waals surface area contributed by atoms with Crippen molar-refractivity contribution in [1.82, 2.24) is 0 Å². The van der Waals surface area contributed by atoms with Crippen LogP contribution in [-0.4, -0.2) is 5.48 Å². The second-order valence-electron chi connectivity index (χ2n) is 4.59. The first-order valence-electron chi connectivity index (χ1n) is 4.95. The molecule has 3 rings (SSSR count). The molecule has 0 amide bonds. The largest absolute Gasteiger partial charge is 0.412 e. The highest BCUT2D eigenvalue weighted by atomic mass is 16.0. The lowest BCUT2D eigenvalue weighted by atomic mass is 9.82. The molecule has 4 atom stereocenters. The molecule has 3 aliphatic carbocycles. The summed E-state index contributed by atoms with van der Waals surface area (Å²) in [5.41, 5.74) is 0. The molecule has 3 saturated carbocycles. The van der Waals surface area contributed by atoms with Gasteiger partial charge in [0.25, 0.3) is 0 Å². The number of fused-ring (bicyclic) bond motifs is 5. The van der Waals surface area contributed by atoms with E-state index in [1.807, 2.05) is 0 Å². The predicted molar refractivity (Wildman–Crippen MR) is 45.3 cm³/mol. The van der Waals surface area contributed by atoms with Crippen molar-refractivity contribution in [2.45, 2.75) is 38.5 Å². The quantitative estimate of drug-likeness (QED) is 0.511. The van der Waals surface area contributed by atoms with Gasteiger partial charge >= 0.3 is 0 Å². The number of hydrogen-bond acceptors (Lipinski definition) is 0. The SMILES string of the molecule is C1CC2C3CCC(C3)C2C1.O. The van der Waals surface area contributed by atoms with Crippen molar-refractivity contribution < 1.29 is 5.48 Å². The van der Waals surface area contributed by atoms with E-state index >= 15 is 0 Å². The molecule has 0 spiro atoms. The highest BCUT2D eigenvalue weighted by Gasteiger charge is 2.48. The van der Waals surface area contributed by atoms with E-state index in [0.717, 1.165) is 0 Å². The average Bonchev–Trinajstić information content (AvgIpc) is 2.60. The molecule has 0 saturated heterocycles. The van der Waals surface area contributed by atoms with Gasteiger partial charge in [0.15, 0.2) is 0 Å². The van der Waals surface area contributed by atoms with Crippen molar-refractivity contribution in [2.24, 2.45) is 23.7 Å². The smallest absolute Gasteiger partial charge is 0.0355 e. The van der Waals surface area contributed by atoms with Gasteiger partial charge in [-0.25, -0.2) is 0 Å². The average molecular weight is 154 g/mol. The van der Waals surface area contributed by atoms with Crippen LogP contribution in [0.2, 0.25) is 0 Å². The van der Waals surface area contributed by atoms with E-state index in [-0.39, 0.29) is 5.48 Å². The van der Waals surface area contributed by atoms with Crippen LogP contribution in [0.25, 0.3) is 0 Å². The van der Waals surface area contributed by atoms with Gasteiger partial charge in [0.05, 0.1) is 0 Å². The summed E-state index contributed by atoms with van der Waals surface area (Å²) in [5, 5.41) is 0. The second-order valence-corrected chi connectivity index (χ2v) is 4.59. The van der Waals surface area contributed by atoms with Gasteiger partial charge in [0.2, 0.25) is 0 Å². The fourth-order valence-corrected chi connectivity index (χ4v) is 4.02. The van der Waals surface area contributed by atoms with Gasteiger partial charge in [0, 0.05) is 0 Å². The number of hydrogen-bond donors (Lipinski definition) is 0. The van der Waals surface area contributed by atoms with Crippen molar-refractivity contribution in [1.29, 1.82) is 0 Å². The Hall–Kier alpha value is -0.0400. The Labute approximate surface area is 68.5 Å². The Morgan fingerprint density at radius 2 is 1.27 bits per heavy atom. The molecule has 4 unspecified atom stereocenters. The van der Waals surface area contributed by atoms with Crippen molar-refractivity contribution in [3.8, 4) is 0 Å². The number of rotatable bonds is 0. The Kier molecular flexibility index (Phi) is 1.71. The van der Waals surface area contributed by atoms with Gasteiger partial charge in [0.1, 0.15) is 0 Å². The summed E-state index contributed by atoms with van der Waals surface area (Å²) in [6, 6.07) is 0. The zero-order valence-corrected chi connectivity index (χ0v) is 7.05. The highest BCUT2D eigenvalue weighted by Crippen LogP contribution is 2.58. The second kappa shape index (κ2) is 2.48. The third-order valence-electron chi connectivity index (χ3n) is 4.35. The first kappa shape index (κ1) is 7.60. The normalized spacial score (nSPS) is 52.4. The maximum absolute atomic E-state index is 1.62. The van der Waals surface area contributed by atoms with Crippen LogP contribution in [0.3, 0.4) is 0 Å². The first-order chi connectivity index (χ1) is 4.95. The minimum atomic E-state index is 0. The summed E-state index contributed by atoms with van der Waals surface area (Å²) in [7, 11) is 0. The molecule has 0 aromatic heterocycles. The summed E-state index contributed by atoms with van der Waals surface area (Å²) in [6.07, 6.45) is 9.53. The molecule has 0 heterocycles. The molecule has 3 aliphatic rings. The van der Waals surface area contributed by atoms with Gasteiger partial charge in [-0.15, -0.1) is 0 Å². The summed E-state index contributed by atoms with van der Waals surface area (Å²) in [4.78, 5) is 0. The van der Waals surface area contributed by atoms with Gasteiger partial charge < -0.3 is 5.48 Å². The van der Waals surface area contributed by atoms with E-state index in [1.165, 1.54) is 23.7 Å². The van der Waals surface area contributed by atoms with Gasteiger partial charge in [-0.3, -0.25) is 0 Å². The van der Waals surface area contributed by atoms with Crippen molar-refractivity contribution in [2.75, 3.05) is 0 Å². The molecule has 11 heavy (non-hydrogen) atoms. The summed E-state index contributed by atoms with van der Waals surface area (Å²) >= 11 is 0. The maximum Gasteiger partial charge on any atom is -0.0355 e. The lowest BCUT2D eigenvalue weighted by Gasteiger charge is -2.23. The molecule has 0 aromatic carbocycles. The zero-order chi connectivity index (χ0) is 6.55. The Bertz CT molecular complexity index is 139. The van der Waals surface area contributed by atoms with Crippen molar-refractivity contribution in [3.05, 3.63) is 0 Å². The van der Waals surface area contributed by atoms with Crippen LogP contribution in [0.15, 0.2) is 0 Å². The molecule has 2 N–H and O–H groups in total. The van der Waals surface area contributed by atoms with Crippen LogP contribution in [-0.2, 0) is 0 Å². The summed E-state index contributed by atoms with van der Waals surface area (Å²) in [5.74, 6) is 4.80. The van der Waals surface area contributed by atoms with E-state index in [0.29, 0.717) is 0 Å². The highest BCUT2D eigenvalue weighted by molar-refractivity contribution is 4.98. The van der Waals surface area contributed by atoms with Crippen molar-refractivity contribution in [3.63, 3.8) is 0 Å². The minimum absolute atomic E-state index is 0. The molecule has 1 nitrogen and oxygen atoms in total. The lowest BCUT2D eigenvalue weighted by molar-refractivity contribution is 0.259. The minimum Gasteiger partial charge on any atom is -0.412 e. The van der Waals surface area contributed by atoms with Crippen LogP contribution in [0.1, 0.15) is 38.5 Å². The van der Waals surface area contributed by atoms with Crippen molar-refractivity contribution >= 4 is 0 Å². The van der Waals surface area contributed by atoms with E-state index in [9.17, 15) is 0 Å². The van der Waals surface area contributed by atoms with Crippen LogP contribution in [0, 0.1) is 23.7 Å². The molecule has 64 valence electrons. The fraction of sp³-hybridized carbons (Fsp3) is 1.00.